The Bertz CT molecular complexity index is 275. The molecule has 2 saturated carbocycles. The first-order valence-electron chi connectivity index (χ1n) is 4.49. The highest BCUT2D eigenvalue weighted by Gasteiger charge is 2.46. The van der Waals surface area contributed by atoms with Crippen LogP contribution < -0.4 is 0 Å². The third-order valence-corrected chi connectivity index (χ3v) is 3.18. The molecule has 2 bridgehead atoms. The number of rotatable bonds is 2. The lowest BCUT2D eigenvalue weighted by molar-refractivity contribution is 0.369. The first-order valence-corrected chi connectivity index (χ1v) is 4.49. The number of carbonyl (C=O) groups excluding carboxylic acids is 2. The van der Waals surface area contributed by atoms with E-state index in [4.69, 9.17) is 0 Å². The summed E-state index contributed by atoms with van der Waals surface area (Å²) in [7, 11) is 0. The number of aliphatic imine (C=N–C) groups is 2. The Morgan fingerprint density at radius 2 is 1.46 bits per heavy atom. The summed E-state index contributed by atoms with van der Waals surface area (Å²) < 4.78 is 0. The first kappa shape index (κ1) is 8.36. The Morgan fingerprint density at radius 3 is 1.85 bits per heavy atom. The molecule has 0 saturated heterocycles. The molecule has 0 amide bonds. The zero-order valence-electron chi connectivity index (χ0n) is 7.14. The van der Waals surface area contributed by atoms with Gasteiger partial charge in [0, 0.05) is 5.92 Å². The normalized spacial score (nSPS) is 40.9. The topological polar surface area (TPSA) is 58.9 Å². The van der Waals surface area contributed by atoms with Gasteiger partial charge in [0.25, 0.3) is 0 Å². The van der Waals surface area contributed by atoms with Gasteiger partial charge in [-0.2, -0.15) is 0 Å². The Kier molecular flexibility index (Phi) is 2.09. The van der Waals surface area contributed by atoms with E-state index >= 15 is 0 Å². The molecule has 0 aliphatic heterocycles. The van der Waals surface area contributed by atoms with Crippen molar-refractivity contribution in [3.05, 3.63) is 0 Å². The molecule has 4 nitrogen and oxygen atoms in total. The molecule has 0 spiro atoms. The van der Waals surface area contributed by atoms with Crippen molar-refractivity contribution >= 4 is 12.2 Å². The number of nitrogens with zero attached hydrogens (tertiary/aromatic N) is 2. The molecule has 68 valence electrons. The number of isocyanates is 2. The molecule has 0 aromatic heterocycles. The molecule has 2 rings (SSSR count). The third kappa shape index (κ3) is 1.35. The van der Waals surface area contributed by atoms with Gasteiger partial charge in [0.2, 0.25) is 12.2 Å². The Balaban J connectivity index is 2.14. The standard InChI is InChI=1S/C9H10N2O2/c12-4-10-8-2-6-1-7(8)9(3-6)11-5-13/h6-9H,1-3H2/t6?,7?,8-,9+. The average Bonchev–Trinajstić information content (AvgIpc) is 2.64. The van der Waals surface area contributed by atoms with Gasteiger partial charge >= 0.3 is 0 Å². The zero-order valence-corrected chi connectivity index (χ0v) is 7.14. The van der Waals surface area contributed by atoms with E-state index in [2.05, 4.69) is 9.98 Å². The van der Waals surface area contributed by atoms with Gasteiger partial charge in [0.1, 0.15) is 0 Å². The minimum Gasteiger partial charge on any atom is -0.211 e. The van der Waals surface area contributed by atoms with Crippen LogP contribution in [0.15, 0.2) is 9.98 Å². The summed E-state index contributed by atoms with van der Waals surface area (Å²) in [5.41, 5.74) is 0. The Labute approximate surface area is 75.8 Å². The van der Waals surface area contributed by atoms with Gasteiger partial charge in [-0.15, -0.1) is 0 Å². The van der Waals surface area contributed by atoms with Crippen molar-refractivity contribution in [3.63, 3.8) is 0 Å². The summed E-state index contributed by atoms with van der Waals surface area (Å²) >= 11 is 0. The molecule has 0 aromatic carbocycles. The van der Waals surface area contributed by atoms with E-state index in [-0.39, 0.29) is 18.0 Å². The quantitative estimate of drug-likeness (QED) is 0.464. The van der Waals surface area contributed by atoms with E-state index in [9.17, 15) is 9.59 Å². The summed E-state index contributed by atoms with van der Waals surface area (Å²) in [6, 6.07) is 0.108. The molecule has 4 atom stereocenters. The second-order valence-corrected chi connectivity index (χ2v) is 3.81. The van der Waals surface area contributed by atoms with E-state index in [1.165, 1.54) is 0 Å². The fourth-order valence-electron chi connectivity index (χ4n) is 2.71. The molecule has 0 aromatic rings. The maximum absolute atomic E-state index is 10.1. The van der Waals surface area contributed by atoms with Crippen molar-refractivity contribution in [2.75, 3.05) is 0 Å². The molecule has 2 fully saturated rings. The van der Waals surface area contributed by atoms with Crippen LogP contribution in [0.5, 0.6) is 0 Å². The van der Waals surface area contributed by atoms with Crippen LogP contribution in [0.4, 0.5) is 0 Å². The van der Waals surface area contributed by atoms with Gasteiger partial charge < -0.3 is 0 Å². The van der Waals surface area contributed by atoms with Crippen LogP contribution in [0.3, 0.4) is 0 Å². The molecular formula is C9H10N2O2. The largest absolute Gasteiger partial charge is 0.235 e. The lowest BCUT2D eigenvalue weighted by Crippen LogP contribution is -2.25. The van der Waals surface area contributed by atoms with Gasteiger partial charge in [-0.05, 0) is 25.2 Å². The summed E-state index contributed by atoms with van der Waals surface area (Å²) in [5, 5.41) is 0. The van der Waals surface area contributed by atoms with E-state index in [0.717, 1.165) is 19.3 Å². The van der Waals surface area contributed by atoms with E-state index < -0.39 is 0 Å². The van der Waals surface area contributed by atoms with E-state index in [0.29, 0.717) is 5.92 Å². The number of hydrogen-bond acceptors (Lipinski definition) is 4. The van der Waals surface area contributed by atoms with Crippen LogP contribution in [-0.4, -0.2) is 24.2 Å². The van der Waals surface area contributed by atoms with Crippen molar-refractivity contribution < 1.29 is 9.59 Å². The minimum atomic E-state index is 0.0540. The summed E-state index contributed by atoms with van der Waals surface area (Å²) in [5.74, 6) is 0.877. The lowest BCUT2D eigenvalue weighted by Gasteiger charge is -2.21. The summed E-state index contributed by atoms with van der Waals surface area (Å²) in [6.07, 6.45) is 6.16. The van der Waals surface area contributed by atoms with Crippen LogP contribution in [0.25, 0.3) is 0 Å². The second-order valence-electron chi connectivity index (χ2n) is 3.81. The lowest BCUT2D eigenvalue weighted by atomic mass is 9.91. The van der Waals surface area contributed by atoms with Crippen molar-refractivity contribution in [3.8, 4) is 0 Å². The SMILES string of the molecule is O=C=N[C@H]1CC2CC1[C@H](N=C=O)C2. The molecule has 0 heterocycles. The fraction of sp³-hybridized carbons (Fsp3) is 0.778. The predicted molar refractivity (Wildman–Crippen MR) is 44.7 cm³/mol. The van der Waals surface area contributed by atoms with Crippen molar-refractivity contribution in [1.82, 2.24) is 0 Å². The molecule has 13 heavy (non-hydrogen) atoms. The molecular weight excluding hydrogens is 168 g/mol. The number of hydrogen-bond donors (Lipinski definition) is 0. The summed E-state index contributed by atoms with van der Waals surface area (Å²) in [4.78, 5) is 27.7. The molecule has 2 aliphatic rings. The summed E-state index contributed by atoms with van der Waals surface area (Å²) in [6.45, 7) is 0. The van der Waals surface area contributed by atoms with Crippen LogP contribution in [0.1, 0.15) is 19.3 Å². The van der Waals surface area contributed by atoms with Gasteiger partial charge in [-0.25, -0.2) is 19.6 Å². The maximum Gasteiger partial charge on any atom is 0.235 e. The first-order chi connectivity index (χ1) is 6.35. The highest BCUT2D eigenvalue weighted by molar-refractivity contribution is 5.36. The van der Waals surface area contributed by atoms with Crippen LogP contribution in [0, 0.1) is 11.8 Å². The van der Waals surface area contributed by atoms with E-state index in [1.54, 1.807) is 12.2 Å². The maximum atomic E-state index is 10.1. The van der Waals surface area contributed by atoms with Crippen LogP contribution >= 0.6 is 0 Å². The highest BCUT2D eigenvalue weighted by atomic mass is 16.1. The molecule has 4 heteroatoms. The van der Waals surface area contributed by atoms with E-state index in [1.807, 2.05) is 0 Å². The van der Waals surface area contributed by atoms with Gasteiger partial charge in [-0.3, -0.25) is 0 Å². The molecule has 2 aliphatic carbocycles. The zero-order chi connectivity index (χ0) is 9.26. The Morgan fingerprint density at radius 1 is 0.923 bits per heavy atom. The van der Waals surface area contributed by atoms with Crippen molar-refractivity contribution in [2.24, 2.45) is 21.8 Å². The molecule has 2 unspecified atom stereocenters. The van der Waals surface area contributed by atoms with Crippen molar-refractivity contribution in [1.29, 1.82) is 0 Å². The highest BCUT2D eigenvalue weighted by Crippen LogP contribution is 2.47. The van der Waals surface area contributed by atoms with Crippen LogP contribution in [0.2, 0.25) is 0 Å². The van der Waals surface area contributed by atoms with Gasteiger partial charge in [0.15, 0.2) is 0 Å². The molecule has 0 N–H and O–H groups in total. The third-order valence-electron chi connectivity index (χ3n) is 3.18. The van der Waals surface area contributed by atoms with Gasteiger partial charge in [-0.1, -0.05) is 0 Å². The molecule has 0 radical (unpaired) electrons. The minimum absolute atomic E-state index is 0.0540. The van der Waals surface area contributed by atoms with Crippen molar-refractivity contribution in [2.45, 2.75) is 31.3 Å². The monoisotopic (exact) mass is 178 g/mol. The fourth-order valence-corrected chi connectivity index (χ4v) is 2.71. The Hall–Kier alpha value is -1.24. The van der Waals surface area contributed by atoms with Gasteiger partial charge in [0.05, 0.1) is 12.1 Å². The predicted octanol–water partition coefficient (Wildman–Crippen LogP) is 0.825. The van der Waals surface area contributed by atoms with Crippen LogP contribution in [-0.2, 0) is 9.59 Å². The second kappa shape index (κ2) is 3.25. The smallest absolute Gasteiger partial charge is 0.211 e. The average molecular weight is 178 g/mol. The number of fused-ring (bicyclic) bond motifs is 2.